The van der Waals surface area contributed by atoms with E-state index in [1.54, 1.807) is 0 Å². The molecule has 0 rings (SSSR count). The van der Waals surface area contributed by atoms with Crippen molar-refractivity contribution in [3.63, 3.8) is 0 Å². The molecule has 15 heavy (non-hydrogen) atoms. The first-order chi connectivity index (χ1) is 6.84. The van der Waals surface area contributed by atoms with E-state index in [1.165, 1.54) is 6.92 Å². The maximum absolute atomic E-state index is 11.5. The van der Waals surface area contributed by atoms with Crippen LogP contribution in [0.4, 0.5) is 0 Å². The number of hydrogen-bond acceptors (Lipinski definition) is 4. The summed E-state index contributed by atoms with van der Waals surface area (Å²) in [5, 5.41) is -0.507. The Kier molecular flexibility index (Phi) is 7.36. The lowest BCUT2D eigenvalue weighted by Crippen LogP contribution is -2.19. The summed E-state index contributed by atoms with van der Waals surface area (Å²) in [6, 6.07) is 0. The quantitative estimate of drug-likeness (QED) is 0.679. The molecule has 0 saturated heterocycles. The van der Waals surface area contributed by atoms with Gasteiger partial charge in [0.1, 0.15) is 11.6 Å². The molecule has 0 radical (unpaired) electrons. The molecular formula is C11H20O2S2. The van der Waals surface area contributed by atoms with Crippen LogP contribution in [0.15, 0.2) is 0 Å². The first kappa shape index (κ1) is 15.0. The van der Waals surface area contributed by atoms with E-state index in [9.17, 15) is 9.59 Å². The molecule has 0 fully saturated rings. The van der Waals surface area contributed by atoms with Crippen LogP contribution in [0.5, 0.6) is 0 Å². The lowest BCUT2D eigenvalue weighted by Gasteiger charge is -2.13. The number of ketones is 2. The van der Waals surface area contributed by atoms with Crippen LogP contribution in [0.1, 0.15) is 40.0 Å². The van der Waals surface area contributed by atoms with Gasteiger partial charge in [-0.1, -0.05) is 13.8 Å². The van der Waals surface area contributed by atoms with E-state index < -0.39 is 0 Å². The van der Waals surface area contributed by atoms with E-state index in [0.29, 0.717) is 25.2 Å². The van der Waals surface area contributed by atoms with Crippen LogP contribution in [0.25, 0.3) is 0 Å². The molecule has 0 aromatic carbocycles. The van der Waals surface area contributed by atoms with Crippen molar-refractivity contribution in [3.8, 4) is 0 Å². The molecule has 0 N–H and O–H groups in total. The summed E-state index contributed by atoms with van der Waals surface area (Å²) in [5.74, 6) is 0.583. The molecule has 0 spiro atoms. The average molecular weight is 248 g/mol. The predicted octanol–water partition coefficient (Wildman–Crippen LogP) is 2.57. The van der Waals surface area contributed by atoms with Gasteiger partial charge in [-0.2, -0.15) is 25.3 Å². The van der Waals surface area contributed by atoms with Crippen molar-refractivity contribution >= 4 is 36.8 Å². The molecule has 0 aromatic rings. The second-order valence-electron chi connectivity index (χ2n) is 4.28. The van der Waals surface area contributed by atoms with Crippen LogP contribution in [0.2, 0.25) is 0 Å². The molecule has 0 saturated carbocycles. The van der Waals surface area contributed by atoms with Gasteiger partial charge in [-0.05, 0) is 25.7 Å². The van der Waals surface area contributed by atoms with Crippen LogP contribution >= 0.6 is 25.3 Å². The fourth-order valence-electron chi connectivity index (χ4n) is 1.22. The fraction of sp³-hybridized carbons (Fsp3) is 0.818. The largest absolute Gasteiger partial charge is 0.299 e. The van der Waals surface area contributed by atoms with E-state index in [4.69, 9.17) is 0 Å². The Morgan fingerprint density at radius 1 is 1.07 bits per heavy atom. The Labute approximate surface area is 103 Å². The summed E-state index contributed by atoms with van der Waals surface area (Å²) in [5.41, 5.74) is 0. The third-order valence-corrected chi connectivity index (χ3v) is 3.33. The molecule has 4 heteroatoms. The van der Waals surface area contributed by atoms with Crippen LogP contribution < -0.4 is 0 Å². The highest BCUT2D eigenvalue weighted by Gasteiger charge is 2.17. The van der Waals surface area contributed by atoms with Crippen molar-refractivity contribution < 1.29 is 9.59 Å². The molecule has 0 aliphatic heterocycles. The zero-order valence-corrected chi connectivity index (χ0v) is 11.4. The Bertz CT molecular complexity index is 227. The number of thiol groups is 2. The van der Waals surface area contributed by atoms with Gasteiger partial charge in [0.25, 0.3) is 0 Å². The topological polar surface area (TPSA) is 34.1 Å². The Morgan fingerprint density at radius 2 is 1.53 bits per heavy atom. The van der Waals surface area contributed by atoms with Gasteiger partial charge in [-0.15, -0.1) is 0 Å². The normalized spacial score (nSPS) is 15.1. The Balaban J connectivity index is 3.87. The van der Waals surface area contributed by atoms with Gasteiger partial charge in [0.2, 0.25) is 0 Å². The maximum Gasteiger partial charge on any atom is 0.145 e. The lowest BCUT2D eigenvalue weighted by atomic mass is 10.0. The molecule has 0 heterocycles. The lowest BCUT2D eigenvalue weighted by molar-refractivity contribution is -0.120. The number of rotatable bonds is 7. The minimum Gasteiger partial charge on any atom is -0.299 e. The van der Waals surface area contributed by atoms with Crippen molar-refractivity contribution in [1.82, 2.24) is 0 Å². The van der Waals surface area contributed by atoms with Gasteiger partial charge in [0.05, 0.1) is 10.5 Å². The fourth-order valence-corrected chi connectivity index (χ4v) is 1.62. The van der Waals surface area contributed by atoms with Gasteiger partial charge in [-0.25, -0.2) is 0 Å². The third kappa shape index (κ3) is 7.01. The SMILES string of the molecule is CC(=O)C(S)CCC(S)C(=O)CC(C)C. The molecule has 88 valence electrons. The van der Waals surface area contributed by atoms with Crippen LogP contribution in [-0.4, -0.2) is 22.1 Å². The minimum absolute atomic E-state index is 0.0511. The standard InChI is InChI=1S/C11H20O2S2/c1-7(2)6-9(13)11(15)5-4-10(14)8(3)12/h7,10-11,14-15H,4-6H2,1-3H3. The summed E-state index contributed by atoms with van der Waals surface area (Å²) in [6.45, 7) is 5.53. The van der Waals surface area contributed by atoms with E-state index in [-0.39, 0.29) is 22.1 Å². The summed E-state index contributed by atoms with van der Waals surface area (Å²) >= 11 is 8.39. The monoisotopic (exact) mass is 248 g/mol. The van der Waals surface area contributed by atoms with E-state index in [0.717, 1.165) is 0 Å². The molecule has 0 aromatic heterocycles. The predicted molar refractivity (Wildman–Crippen MR) is 69.9 cm³/mol. The Morgan fingerprint density at radius 3 is 1.93 bits per heavy atom. The molecule has 0 aliphatic rings. The average Bonchev–Trinajstić information content (AvgIpc) is 2.12. The minimum atomic E-state index is -0.258. The molecule has 0 bridgehead atoms. The molecule has 0 amide bonds. The van der Waals surface area contributed by atoms with Crippen LogP contribution in [-0.2, 0) is 9.59 Å². The van der Waals surface area contributed by atoms with Gasteiger partial charge < -0.3 is 0 Å². The van der Waals surface area contributed by atoms with Crippen molar-refractivity contribution in [1.29, 1.82) is 0 Å². The molecule has 2 unspecified atom stereocenters. The zero-order chi connectivity index (χ0) is 12.0. The number of hydrogen-bond donors (Lipinski definition) is 2. The van der Waals surface area contributed by atoms with E-state index in [1.807, 2.05) is 13.8 Å². The molecule has 2 atom stereocenters. The summed E-state index contributed by atoms with van der Waals surface area (Å²) in [6.07, 6.45) is 1.81. The second kappa shape index (κ2) is 7.34. The highest BCUT2D eigenvalue weighted by Crippen LogP contribution is 2.15. The summed E-state index contributed by atoms with van der Waals surface area (Å²) < 4.78 is 0. The zero-order valence-electron chi connectivity index (χ0n) is 9.56. The van der Waals surface area contributed by atoms with E-state index >= 15 is 0 Å². The number of carbonyl (C=O) groups excluding carboxylic acids is 2. The van der Waals surface area contributed by atoms with Gasteiger partial charge in [0, 0.05) is 6.42 Å². The van der Waals surface area contributed by atoms with Crippen molar-refractivity contribution in [3.05, 3.63) is 0 Å². The first-order valence-corrected chi connectivity index (χ1v) is 6.27. The Hall–Kier alpha value is 0.0400. The van der Waals surface area contributed by atoms with Gasteiger partial charge in [-0.3, -0.25) is 9.59 Å². The molecular weight excluding hydrogens is 228 g/mol. The van der Waals surface area contributed by atoms with E-state index in [2.05, 4.69) is 25.3 Å². The van der Waals surface area contributed by atoms with Gasteiger partial charge >= 0.3 is 0 Å². The van der Waals surface area contributed by atoms with Gasteiger partial charge in [0.15, 0.2) is 0 Å². The highest BCUT2D eigenvalue weighted by molar-refractivity contribution is 7.82. The third-order valence-electron chi connectivity index (χ3n) is 2.16. The van der Waals surface area contributed by atoms with Crippen molar-refractivity contribution in [2.75, 3.05) is 0 Å². The summed E-state index contributed by atoms with van der Waals surface area (Å²) in [4.78, 5) is 22.5. The maximum atomic E-state index is 11.5. The highest BCUT2D eigenvalue weighted by atomic mass is 32.1. The number of carbonyl (C=O) groups is 2. The van der Waals surface area contributed by atoms with Crippen LogP contribution in [0, 0.1) is 5.92 Å². The first-order valence-electron chi connectivity index (χ1n) is 5.23. The van der Waals surface area contributed by atoms with Crippen molar-refractivity contribution in [2.24, 2.45) is 5.92 Å². The number of Topliss-reactive ketones (excluding diaryl/α,β-unsaturated/α-hetero) is 2. The smallest absolute Gasteiger partial charge is 0.145 e. The molecule has 2 nitrogen and oxygen atoms in total. The second-order valence-corrected chi connectivity index (χ2v) is 5.53. The summed E-state index contributed by atoms with van der Waals surface area (Å²) in [7, 11) is 0. The van der Waals surface area contributed by atoms with Crippen molar-refractivity contribution in [2.45, 2.75) is 50.5 Å². The molecule has 0 aliphatic carbocycles. The van der Waals surface area contributed by atoms with Crippen LogP contribution in [0.3, 0.4) is 0 Å².